The molecule has 398 valence electrons. The Hall–Kier alpha value is -11.9. The van der Waals surface area contributed by atoms with Gasteiger partial charge in [0, 0.05) is 79.3 Å². The first-order valence-electron chi connectivity index (χ1n) is 28.6. The Morgan fingerprint density at radius 1 is 0.279 bits per heavy atom. The van der Waals surface area contributed by atoms with Crippen LogP contribution in [0.4, 0.5) is 0 Å². The molecule has 0 aliphatic heterocycles. The second kappa shape index (κ2) is 18.8. The largest absolute Gasteiger partial charge is 0.438 e. The summed E-state index contributed by atoms with van der Waals surface area (Å²) in [5, 5.41) is 17.2. The number of aromatic nitrogens is 8. The van der Waals surface area contributed by atoms with Crippen molar-refractivity contribution in [3.05, 3.63) is 261 Å². The minimum atomic E-state index is 0.519. The van der Waals surface area contributed by atoms with Crippen LogP contribution in [0.2, 0.25) is 0 Å². The number of nitrogens with zero attached hydrogens (tertiary/aromatic N) is 8. The van der Waals surface area contributed by atoms with Crippen molar-refractivity contribution >= 4 is 109 Å². The van der Waals surface area contributed by atoms with Gasteiger partial charge in [-0.1, -0.05) is 176 Å². The molecule has 18 rings (SSSR count). The number of fused-ring (bicyclic) bond motifs is 16. The van der Waals surface area contributed by atoms with Gasteiger partial charge in [0.25, 0.3) is 0 Å². The zero-order valence-electron chi connectivity index (χ0n) is 45.7. The maximum Gasteiger partial charge on any atom is 0.387 e. The molecule has 0 atom stereocenters. The average Bonchev–Trinajstić information content (AvgIpc) is 1.82. The lowest BCUT2D eigenvalue weighted by Crippen LogP contribution is -2.30. The molecule has 6 aromatic heterocycles. The highest BCUT2D eigenvalue weighted by Gasteiger charge is 2.26. The van der Waals surface area contributed by atoms with Gasteiger partial charge >= 0.3 is 5.71 Å². The molecule has 0 radical (unpaired) electrons. The summed E-state index contributed by atoms with van der Waals surface area (Å²) in [5.41, 5.74) is 8.70. The first-order valence-corrected chi connectivity index (χ1v) is 28.6. The Bertz CT molecular complexity index is 5860. The molecule has 10 heteroatoms. The van der Waals surface area contributed by atoms with E-state index in [1.165, 1.54) is 16.2 Å². The summed E-state index contributed by atoms with van der Waals surface area (Å²) >= 11 is 0. The van der Waals surface area contributed by atoms with E-state index < -0.39 is 0 Å². The van der Waals surface area contributed by atoms with Crippen LogP contribution in [0.15, 0.2) is 270 Å². The van der Waals surface area contributed by atoms with Crippen LogP contribution in [0.5, 0.6) is 0 Å². The van der Waals surface area contributed by atoms with Gasteiger partial charge in [0.15, 0.2) is 41.1 Å². The van der Waals surface area contributed by atoms with Gasteiger partial charge in [-0.15, -0.1) is 4.57 Å². The molecule has 0 unspecified atom stereocenters. The first-order chi connectivity index (χ1) is 42.6. The fourth-order valence-corrected chi connectivity index (χ4v) is 13.0. The monoisotopic (exact) mass is 1100 g/mol. The summed E-state index contributed by atoms with van der Waals surface area (Å²) in [6.07, 6.45) is 3.78. The normalized spacial score (nSPS) is 12.0. The molecule has 0 saturated heterocycles. The van der Waals surface area contributed by atoms with Crippen LogP contribution in [0, 0.1) is 0 Å². The Kier molecular flexibility index (Phi) is 10.5. The van der Waals surface area contributed by atoms with Crippen LogP contribution in [0.1, 0.15) is 0 Å². The lowest BCUT2D eigenvalue weighted by molar-refractivity contribution is -0.574. The standard InChI is InChI=1S/C76H43N8O2/c1-2-18-46(19-3-1)69-78-72(82-73(80-69)62-43-61-50-21-7-4-16-44(50)34-38-55(61)53-24-10-11-25-54(53)62)58-27-13-31-65-68(58)60-29-15-41-84(76(60)86-65)49-36-32-47(33-37-49)70-79-71(57-26-12-30-64-67(57)59-28-14-40-77-75(59)85-64)83-74(81-70)63-42-48-20-6-8-22-51(48)56-39-35-45-17-5-9-23-52(45)66(56)63/h1-43H/q+1. The van der Waals surface area contributed by atoms with Gasteiger partial charge in [-0.3, -0.25) is 0 Å². The summed E-state index contributed by atoms with van der Waals surface area (Å²) < 4.78 is 15.3. The maximum atomic E-state index is 6.92. The van der Waals surface area contributed by atoms with E-state index in [2.05, 4.69) is 192 Å². The van der Waals surface area contributed by atoms with Crippen molar-refractivity contribution in [2.75, 3.05) is 0 Å². The third-order valence-electron chi connectivity index (χ3n) is 16.9. The topological polar surface area (TPSA) is 120 Å². The van der Waals surface area contributed by atoms with Crippen LogP contribution >= 0.6 is 0 Å². The third-order valence-corrected chi connectivity index (χ3v) is 16.9. The maximum absolute atomic E-state index is 6.92. The van der Waals surface area contributed by atoms with Crippen molar-refractivity contribution in [3.8, 4) is 74.0 Å². The van der Waals surface area contributed by atoms with Gasteiger partial charge < -0.3 is 8.83 Å². The number of hydrogen-bond donors (Lipinski definition) is 0. The molecule has 6 heterocycles. The zero-order chi connectivity index (χ0) is 56.4. The Balaban J connectivity index is 0.796. The van der Waals surface area contributed by atoms with Gasteiger partial charge in [-0.25, -0.2) is 34.9 Å². The van der Waals surface area contributed by atoms with Crippen molar-refractivity contribution in [3.63, 3.8) is 0 Å². The fourth-order valence-electron chi connectivity index (χ4n) is 13.0. The number of benzene rings is 12. The van der Waals surface area contributed by atoms with Crippen molar-refractivity contribution in [1.29, 1.82) is 0 Å². The second-order valence-electron chi connectivity index (χ2n) is 21.7. The van der Waals surface area contributed by atoms with Crippen molar-refractivity contribution in [1.82, 2.24) is 34.9 Å². The van der Waals surface area contributed by atoms with Crippen LogP contribution in [-0.2, 0) is 0 Å². The Morgan fingerprint density at radius 2 is 0.802 bits per heavy atom. The average molecular weight is 1100 g/mol. The molecule has 10 nitrogen and oxygen atoms in total. The quantitative estimate of drug-likeness (QED) is 0.113. The highest BCUT2D eigenvalue weighted by molar-refractivity contribution is 6.23. The van der Waals surface area contributed by atoms with Gasteiger partial charge in [0.2, 0.25) is 11.4 Å². The van der Waals surface area contributed by atoms with E-state index >= 15 is 0 Å². The van der Waals surface area contributed by atoms with Gasteiger partial charge in [0.05, 0.1) is 5.39 Å². The zero-order valence-corrected chi connectivity index (χ0v) is 45.7. The summed E-state index contributed by atoms with van der Waals surface area (Å²) in [5.74, 6) is 3.30. The number of pyridine rings is 2. The van der Waals surface area contributed by atoms with Crippen molar-refractivity contribution in [2.45, 2.75) is 0 Å². The van der Waals surface area contributed by atoms with Crippen LogP contribution in [0.25, 0.3) is 183 Å². The van der Waals surface area contributed by atoms with Crippen molar-refractivity contribution in [2.24, 2.45) is 0 Å². The van der Waals surface area contributed by atoms with E-state index in [1.54, 1.807) is 6.20 Å². The van der Waals surface area contributed by atoms with Crippen LogP contribution in [-0.4, -0.2) is 34.9 Å². The smallest absolute Gasteiger partial charge is 0.387 e. The lowest BCUT2D eigenvalue weighted by atomic mass is 9.92. The van der Waals surface area contributed by atoms with E-state index in [4.69, 9.17) is 38.7 Å². The first kappa shape index (κ1) is 47.7. The second-order valence-corrected chi connectivity index (χ2v) is 21.7. The number of furan rings is 2. The summed E-state index contributed by atoms with van der Waals surface area (Å²) in [4.78, 5) is 36.7. The molecular weight excluding hydrogens is 1060 g/mol. The molecule has 0 N–H and O–H groups in total. The molecular formula is C76H43N8O2+. The fraction of sp³-hybridized carbons (Fsp3) is 0. The van der Waals surface area contributed by atoms with Crippen LogP contribution < -0.4 is 4.57 Å². The molecule has 12 aromatic carbocycles. The van der Waals surface area contributed by atoms with E-state index in [1.807, 2.05) is 72.9 Å². The third kappa shape index (κ3) is 7.46. The summed E-state index contributed by atoms with van der Waals surface area (Å²) in [6, 6.07) is 86.1. The van der Waals surface area contributed by atoms with Gasteiger partial charge in [-0.2, -0.15) is 0 Å². The minimum absolute atomic E-state index is 0.519. The van der Waals surface area contributed by atoms with E-state index in [9.17, 15) is 0 Å². The van der Waals surface area contributed by atoms with Crippen molar-refractivity contribution < 1.29 is 13.4 Å². The molecule has 18 aromatic rings. The van der Waals surface area contributed by atoms with Gasteiger partial charge in [-0.05, 0) is 114 Å². The predicted molar refractivity (Wildman–Crippen MR) is 345 cm³/mol. The molecule has 0 bridgehead atoms. The molecule has 0 amide bonds. The predicted octanol–water partition coefficient (Wildman–Crippen LogP) is 18.4. The van der Waals surface area contributed by atoms with E-state index in [-0.39, 0.29) is 0 Å². The van der Waals surface area contributed by atoms with Gasteiger partial charge in [0.1, 0.15) is 11.2 Å². The molecule has 0 spiro atoms. The highest BCUT2D eigenvalue weighted by atomic mass is 16.3. The van der Waals surface area contributed by atoms with Crippen LogP contribution in [0.3, 0.4) is 0 Å². The lowest BCUT2D eigenvalue weighted by Gasteiger charge is -2.14. The Labute approximate surface area is 489 Å². The number of rotatable bonds is 7. The summed E-state index contributed by atoms with van der Waals surface area (Å²) in [7, 11) is 0. The molecule has 86 heavy (non-hydrogen) atoms. The number of hydrogen-bond acceptors (Lipinski definition) is 9. The molecule has 0 saturated carbocycles. The molecule has 0 aliphatic rings. The highest BCUT2D eigenvalue weighted by Crippen LogP contribution is 2.43. The minimum Gasteiger partial charge on any atom is -0.438 e. The van der Waals surface area contributed by atoms with E-state index in [0.717, 1.165) is 109 Å². The molecule has 0 fully saturated rings. The molecule has 0 aliphatic carbocycles. The van der Waals surface area contributed by atoms with E-state index in [0.29, 0.717) is 57.5 Å². The SMILES string of the molecule is c1ccc(-c2nc(-c3cc4c5ccccc5ccc4c4ccccc34)nc(-c3cccc4oc5c(ccc[n+]5-c5ccc(-c6nc(-c7cccc8oc9ncccc9c78)nc(-c7cc8ccccc8c8ccc9ccccc9c78)n6)cc5)c34)n2)cc1. The Morgan fingerprint density at radius 3 is 1.53 bits per heavy atom. The summed E-state index contributed by atoms with van der Waals surface area (Å²) in [6.45, 7) is 0.